The molecule has 1 aliphatic carbocycles. The number of alkyl halides is 2. The van der Waals surface area contributed by atoms with Crippen molar-refractivity contribution in [2.45, 2.75) is 63.1 Å². The molecule has 1 atom stereocenters. The summed E-state index contributed by atoms with van der Waals surface area (Å²) in [6.07, 6.45) is 8.29. The molecule has 13 heteroatoms. The van der Waals surface area contributed by atoms with Gasteiger partial charge in [0.1, 0.15) is 11.6 Å². The first-order valence-electron chi connectivity index (χ1n) is 13.4. The summed E-state index contributed by atoms with van der Waals surface area (Å²) in [5, 5.41) is 19.9. The van der Waals surface area contributed by atoms with E-state index in [1.807, 2.05) is 12.1 Å². The molecule has 1 amide bonds. The summed E-state index contributed by atoms with van der Waals surface area (Å²) in [6.45, 7) is -2.34. The molecule has 1 aliphatic heterocycles. The minimum absolute atomic E-state index is 0.0409. The molecular formula is C27H29F3N8O2. The third-order valence-corrected chi connectivity index (χ3v) is 7.79. The quantitative estimate of drug-likeness (QED) is 0.361. The number of ether oxygens (including phenoxy) is 1. The van der Waals surface area contributed by atoms with Gasteiger partial charge in [-0.2, -0.15) is 18.7 Å². The monoisotopic (exact) mass is 554 g/mol. The molecule has 4 aromatic rings. The minimum atomic E-state index is -3.03. The Balaban J connectivity index is 1.18. The Morgan fingerprint density at radius 3 is 2.70 bits per heavy atom. The SMILES string of the molecule is Cn1nnc([C@H]2CC[C@H](NC(=O)c3cnn4ccc(N5CCC[C@@H]5c5cc(F)cc(OC(F)F)c5)cc34)CC2)n1. The number of hydrogen-bond donors (Lipinski definition) is 1. The number of hydrogen-bond acceptors (Lipinski definition) is 7. The van der Waals surface area contributed by atoms with E-state index in [4.69, 9.17) is 0 Å². The maximum atomic E-state index is 14.3. The molecule has 4 heterocycles. The van der Waals surface area contributed by atoms with Gasteiger partial charge < -0.3 is 15.0 Å². The van der Waals surface area contributed by atoms with Gasteiger partial charge in [-0.1, -0.05) is 0 Å². The molecular weight excluding hydrogens is 525 g/mol. The predicted molar refractivity (Wildman–Crippen MR) is 139 cm³/mol. The van der Waals surface area contributed by atoms with Gasteiger partial charge in [0.25, 0.3) is 5.91 Å². The van der Waals surface area contributed by atoms with Crippen LogP contribution < -0.4 is 15.0 Å². The highest BCUT2D eigenvalue weighted by molar-refractivity contribution is 6.01. The molecule has 3 aromatic heterocycles. The van der Waals surface area contributed by atoms with E-state index in [2.05, 4.69) is 35.5 Å². The van der Waals surface area contributed by atoms with Crippen molar-refractivity contribution in [3.8, 4) is 5.75 Å². The van der Waals surface area contributed by atoms with Crippen LogP contribution in [0.5, 0.6) is 5.75 Å². The molecule has 1 aromatic carbocycles. The summed E-state index contributed by atoms with van der Waals surface area (Å²) in [5.74, 6) is -0.0362. The zero-order valence-electron chi connectivity index (χ0n) is 21.9. The average Bonchev–Trinajstić information content (AvgIpc) is 3.67. The van der Waals surface area contributed by atoms with Gasteiger partial charge in [0, 0.05) is 36.5 Å². The maximum absolute atomic E-state index is 14.3. The lowest BCUT2D eigenvalue weighted by Crippen LogP contribution is -2.37. The number of benzene rings is 1. The lowest BCUT2D eigenvalue weighted by atomic mass is 9.85. The van der Waals surface area contributed by atoms with E-state index in [-0.39, 0.29) is 29.7 Å². The van der Waals surface area contributed by atoms with Crippen LogP contribution in [0.15, 0.2) is 42.7 Å². The molecule has 0 bridgehead atoms. The van der Waals surface area contributed by atoms with Crippen LogP contribution in [0.25, 0.3) is 5.52 Å². The number of nitrogens with one attached hydrogen (secondary N) is 1. The Kier molecular flexibility index (Phi) is 7.03. The molecule has 1 saturated carbocycles. The molecule has 210 valence electrons. The van der Waals surface area contributed by atoms with E-state index < -0.39 is 12.4 Å². The van der Waals surface area contributed by atoms with Gasteiger partial charge in [-0.25, -0.2) is 8.91 Å². The minimum Gasteiger partial charge on any atom is -0.435 e. The second-order valence-electron chi connectivity index (χ2n) is 10.4. The third-order valence-electron chi connectivity index (χ3n) is 7.79. The standard InChI is InChI=1S/C27H29F3N8O2/c1-36-34-25(33-35-36)16-4-6-19(7-5-16)32-26(39)22-15-31-38-10-8-20(14-24(22)38)37-9-2-3-23(37)17-11-18(28)13-21(12-17)40-27(29)30/h8,10-16,19,23,27H,2-7,9H2,1H3,(H,32,39)/t16-,19-,23-/m1/s1. The van der Waals surface area contributed by atoms with Crippen LogP contribution in [-0.2, 0) is 7.05 Å². The van der Waals surface area contributed by atoms with Gasteiger partial charge in [0.05, 0.1) is 30.4 Å². The molecule has 0 unspecified atom stereocenters. The van der Waals surface area contributed by atoms with E-state index >= 15 is 0 Å². The Morgan fingerprint density at radius 2 is 1.95 bits per heavy atom. The second kappa shape index (κ2) is 10.8. The fourth-order valence-electron chi connectivity index (χ4n) is 5.91. The van der Waals surface area contributed by atoms with Crippen LogP contribution in [0.4, 0.5) is 18.9 Å². The van der Waals surface area contributed by atoms with Gasteiger partial charge in [0.15, 0.2) is 5.82 Å². The topological polar surface area (TPSA) is 102 Å². The lowest BCUT2D eigenvalue weighted by molar-refractivity contribution is -0.0500. The van der Waals surface area contributed by atoms with E-state index in [0.717, 1.165) is 56.1 Å². The number of rotatable bonds is 7. The molecule has 6 rings (SSSR count). The van der Waals surface area contributed by atoms with Crippen LogP contribution >= 0.6 is 0 Å². The zero-order chi connectivity index (χ0) is 27.8. The molecule has 40 heavy (non-hydrogen) atoms. The highest BCUT2D eigenvalue weighted by Gasteiger charge is 2.29. The van der Waals surface area contributed by atoms with E-state index in [0.29, 0.717) is 23.2 Å². The fraction of sp³-hybridized carbons (Fsp3) is 0.444. The van der Waals surface area contributed by atoms with E-state index in [1.54, 1.807) is 24.0 Å². The maximum Gasteiger partial charge on any atom is 0.387 e. The molecule has 1 N–H and O–H groups in total. The number of aromatic nitrogens is 6. The van der Waals surface area contributed by atoms with E-state index in [1.165, 1.54) is 16.9 Å². The summed E-state index contributed by atoms with van der Waals surface area (Å²) in [5.41, 5.74) is 2.52. The Hall–Kier alpha value is -4.16. The van der Waals surface area contributed by atoms with Crippen molar-refractivity contribution in [3.05, 3.63) is 65.5 Å². The highest BCUT2D eigenvalue weighted by atomic mass is 19.3. The van der Waals surface area contributed by atoms with Crippen LogP contribution in [-0.4, -0.2) is 54.9 Å². The van der Waals surface area contributed by atoms with Crippen molar-refractivity contribution in [2.75, 3.05) is 11.4 Å². The van der Waals surface area contributed by atoms with Crippen molar-refractivity contribution in [2.24, 2.45) is 7.05 Å². The smallest absolute Gasteiger partial charge is 0.387 e. The Morgan fingerprint density at radius 1 is 1.12 bits per heavy atom. The van der Waals surface area contributed by atoms with Gasteiger partial charge in [-0.3, -0.25) is 4.79 Å². The summed E-state index contributed by atoms with van der Waals surface area (Å²) in [7, 11) is 1.75. The summed E-state index contributed by atoms with van der Waals surface area (Å²) < 4.78 is 45.9. The number of anilines is 1. The molecule has 0 radical (unpaired) electrons. The van der Waals surface area contributed by atoms with Crippen LogP contribution in [0.2, 0.25) is 0 Å². The van der Waals surface area contributed by atoms with Crippen molar-refractivity contribution >= 4 is 17.1 Å². The van der Waals surface area contributed by atoms with Gasteiger partial charge in [0.2, 0.25) is 0 Å². The summed E-state index contributed by atoms with van der Waals surface area (Å²) in [4.78, 5) is 16.8. The second-order valence-corrected chi connectivity index (χ2v) is 10.4. The van der Waals surface area contributed by atoms with E-state index in [9.17, 15) is 18.0 Å². The summed E-state index contributed by atoms with van der Waals surface area (Å²) >= 11 is 0. The number of nitrogens with zero attached hydrogens (tertiary/aromatic N) is 7. The molecule has 2 aliphatic rings. The number of carbonyl (C=O) groups is 1. The number of pyridine rings is 1. The first kappa shape index (κ1) is 26.1. The van der Waals surface area contributed by atoms with Crippen molar-refractivity contribution in [1.82, 2.24) is 35.1 Å². The first-order chi connectivity index (χ1) is 19.3. The van der Waals surface area contributed by atoms with Crippen LogP contribution in [0, 0.1) is 5.82 Å². The normalized spacial score (nSPS) is 21.3. The largest absolute Gasteiger partial charge is 0.435 e. The first-order valence-corrected chi connectivity index (χ1v) is 13.4. The molecule has 1 saturated heterocycles. The summed E-state index contributed by atoms with van der Waals surface area (Å²) in [6, 6.07) is 7.37. The third kappa shape index (κ3) is 5.32. The fourth-order valence-corrected chi connectivity index (χ4v) is 5.91. The molecule has 2 fully saturated rings. The average molecular weight is 555 g/mol. The van der Waals surface area contributed by atoms with Gasteiger partial charge >= 0.3 is 6.61 Å². The predicted octanol–water partition coefficient (Wildman–Crippen LogP) is 4.40. The van der Waals surface area contributed by atoms with Gasteiger partial charge in [-0.05, 0) is 73.6 Å². The molecule has 10 nitrogen and oxygen atoms in total. The number of carbonyl (C=O) groups excluding carboxylic acids is 1. The number of tetrazole rings is 1. The lowest BCUT2D eigenvalue weighted by Gasteiger charge is -2.28. The van der Waals surface area contributed by atoms with Crippen LogP contribution in [0.1, 0.15) is 72.2 Å². The molecule has 0 spiro atoms. The van der Waals surface area contributed by atoms with Crippen molar-refractivity contribution in [3.63, 3.8) is 0 Å². The highest BCUT2D eigenvalue weighted by Crippen LogP contribution is 2.38. The van der Waals surface area contributed by atoms with Crippen molar-refractivity contribution < 1.29 is 22.7 Å². The number of aryl methyl sites for hydroxylation is 1. The van der Waals surface area contributed by atoms with Gasteiger partial charge in [-0.15, -0.1) is 10.2 Å². The van der Waals surface area contributed by atoms with Crippen LogP contribution in [0.3, 0.4) is 0 Å². The number of fused-ring (bicyclic) bond motifs is 1. The Bertz CT molecular complexity index is 1510. The Labute approximate surface area is 228 Å². The zero-order valence-corrected chi connectivity index (χ0v) is 21.9. The number of halogens is 3. The number of amides is 1. The van der Waals surface area contributed by atoms with Crippen molar-refractivity contribution in [1.29, 1.82) is 0 Å².